The molecular weight excluding hydrogens is 205 g/mol. The average Bonchev–Trinajstić information content (AvgIpc) is 2.33. The maximum atomic E-state index is 13.6. The van der Waals surface area contributed by atoms with Gasteiger partial charge in [0.05, 0.1) is 5.69 Å². The van der Waals surface area contributed by atoms with Crippen LogP contribution in [0.25, 0.3) is 0 Å². The summed E-state index contributed by atoms with van der Waals surface area (Å²) in [5.74, 6) is -0.163. The third-order valence-corrected chi connectivity index (χ3v) is 3.02. The van der Waals surface area contributed by atoms with Gasteiger partial charge in [-0.3, -0.25) is 0 Å². The van der Waals surface area contributed by atoms with Crippen LogP contribution >= 0.6 is 0 Å². The van der Waals surface area contributed by atoms with Gasteiger partial charge in [0.25, 0.3) is 0 Å². The number of hydrogen-bond acceptors (Lipinski definition) is 2. The van der Waals surface area contributed by atoms with Crippen molar-refractivity contribution in [3.63, 3.8) is 0 Å². The van der Waals surface area contributed by atoms with Gasteiger partial charge in [-0.1, -0.05) is 13.0 Å². The molecule has 16 heavy (non-hydrogen) atoms. The van der Waals surface area contributed by atoms with E-state index in [1.54, 1.807) is 6.07 Å². The number of benzene rings is 1. The lowest BCUT2D eigenvalue weighted by Gasteiger charge is -2.24. The quantitative estimate of drug-likeness (QED) is 0.850. The van der Waals surface area contributed by atoms with Gasteiger partial charge in [-0.2, -0.15) is 0 Å². The zero-order valence-electron chi connectivity index (χ0n) is 9.63. The standard InChI is InChI=1S/C13H18FNO/c1-2-10-3-4-12(14)13(9-10)15-11-5-7-16-8-6-11/h3-4,9,11,15H,2,5-8H2,1H3. The normalized spacial score (nSPS) is 17.4. The predicted octanol–water partition coefficient (Wildman–Crippen LogP) is 2.98. The number of rotatable bonds is 3. The summed E-state index contributed by atoms with van der Waals surface area (Å²) in [5.41, 5.74) is 1.79. The summed E-state index contributed by atoms with van der Waals surface area (Å²) < 4.78 is 18.8. The molecule has 3 heteroatoms. The minimum Gasteiger partial charge on any atom is -0.381 e. The largest absolute Gasteiger partial charge is 0.381 e. The van der Waals surface area contributed by atoms with Crippen molar-refractivity contribution in [2.75, 3.05) is 18.5 Å². The van der Waals surface area contributed by atoms with Crippen molar-refractivity contribution in [3.8, 4) is 0 Å². The third-order valence-electron chi connectivity index (χ3n) is 3.02. The van der Waals surface area contributed by atoms with E-state index in [0.29, 0.717) is 11.7 Å². The van der Waals surface area contributed by atoms with E-state index in [1.165, 1.54) is 0 Å². The smallest absolute Gasteiger partial charge is 0.146 e. The Hall–Kier alpha value is -1.09. The maximum absolute atomic E-state index is 13.6. The lowest BCUT2D eigenvalue weighted by molar-refractivity contribution is 0.0904. The van der Waals surface area contributed by atoms with Crippen LogP contribution in [0.3, 0.4) is 0 Å². The zero-order valence-corrected chi connectivity index (χ0v) is 9.63. The minimum absolute atomic E-state index is 0.163. The summed E-state index contributed by atoms with van der Waals surface area (Å²) in [6, 6.07) is 5.63. The van der Waals surface area contributed by atoms with Crippen LogP contribution in [-0.4, -0.2) is 19.3 Å². The van der Waals surface area contributed by atoms with Gasteiger partial charge in [-0.15, -0.1) is 0 Å². The SMILES string of the molecule is CCc1ccc(F)c(NC2CCOCC2)c1. The van der Waals surface area contributed by atoms with Crippen LogP contribution in [0.4, 0.5) is 10.1 Å². The van der Waals surface area contributed by atoms with Gasteiger partial charge >= 0.3 is 0 Å². The van der Waals surface area contributed by atoms with Gasteiger partial charge in [0.2, 0.25) is 0 Å². The van der Waals surface area contributed by atoms with Crippen LogP contribution < -0.4 is 5.32 Å². The molecule has 0 amide bonds. The fourth-order valence-electron chi connectivity index (χ4n) is 1.96. The molecule has 1 aliphatic rings. The molecule has 0 unspecified atom stereocenters. The van der Waals surface area contributed by atoms with Gasteiger partial charge in [0, 0.05) is 19.3 Å². The maximum Gasteiger partial charge on any atom is 0.146 e. The van der Waals surface area contributed by atoms with E-state index in [1.807, 2.05) is 12.1 Å². The van der Waals surface area contributed by atoms with E-state index < -0.39 is 0 Å². The summed E-state index contributed by atoms with van der Waals surface area (Å²) >= 11 is 0. The number of hydrogen-bond donors (Lipinski definition) is 1. The number of aryl methyl sites for hydroxylation is 1. The Morgan fingerprint density at radius 2 is 2.12 bits per heavy atom. The van der Waals surface area contributed by atoms with Crippen LogP contribution in [0.5, 0.6) is 0 Å². The zero-order chi connectivity index (χ0) is 11.4. The highest BCUT2D eigenvalue weighted by Crippen LogP contribution is 2.20. The molecule has 0 aliphatic carbocycles. The Morgan fingerprint density at radius 3 is 2.81 bits per heavy atom. The summed E-state index contributed by atoms with van der Waals surface area (Å²) in [5, 5.41) is 3.27. The number of ether oxygens (including phenoxy) is 1. The molecule has 1 N–H and O–H groups in total. The minimum atomic E-state index is -0.163. The van der Waals surface area contributed by atoms with Crippen molar-refractivity contribution in [1.29, 1.82) is 0 Å². The topological polar surface area (TPSA) is 21.3 Å². The van der Waals surface area contributed by atoms with E-state index in [9.17, 15) is 4.39 Å². The lowest BCUT2D eigenvalue weighted by Crippen LogP contribution is -2.28. The number of halogens is 1. The molecule has 0 atom stereocenters. The van der Waals surface area contributed by atoms with Crippen molar-refractivity contribution in [1.82, 2.24) is 0 Å². The fraction of sp³-hybridized carbons (Fsp3) is 0.538. The van der Waals surface area contributed by atoms with E-state index in [2.05, 4.69) is 12.2 Å². The monoisotopic (exact) mass is 223 g/mol. The second-order valence-corrected chi connectivity index (χ2v) is 4.20. The molecule has 1 heterocycles. The van der Waals surface area contributed by atoms with Crippen molar-refractivity contribution >= 4 is 5.69 Å². The highest BCUT2D eigenvalue weighted by Gasteiger charge is 2.14. The first-order valence-electron chi connectivity index (χ1n) is 5.92. The van der Waals surface area contributed by atoms with E-state index >= 15 is 0 Å². The van der Waals surface area contributed by atoms with Gasteiger partial charge in [-0.25, -0.2) is 4.39 Å². The molecular formula is C13H18FNO. The highest BCUT2D eigenvalue weighted by molar-refractivity contribution is 5.48. The van der Waals surface area contributed by atoms with Gasteiger partial charge < -0.3 is 10.1 Å². The lowest BCUT2D eigenvalue weighted by atomic mass is 10.1. The molecule has 1 aliphatic heterocycles. The van der Waals surface area contributed by atoms with Gasteiger partial charge in [-0.05, 0) is 37.0 Å². The van der Waals surface area contributed by atoms with E-state index in [4.69, 9.17) is 4.74 Å². The summed E-state index contributed by atoms with van der Waals surface area (Å²) in [6.07, 6.45) is 2.84. The molecule has 1 fully saturated rings. The van der Waals surface area contributed by atoms with Gasteiger partial charge in [0.15, 0.2) is 0 Å². The first kappa shape index (κ1) is 11.4. The van der Waals surface area contributed by atoms with Crippen LogP contribution in [0.15, 0.2) is 18.2 Å². The second kappa shape index (κ2) is 5.30. The highest BCUT2D eigenvalue weighted by atomic mass is 19.1. The summed E-state index contributed by atoms with van der Waals surface area (Å²) in [7, 11) is 0. The first-order valence-corrected chi connectivity index (χ1v) is 5.92. The van der Waals surface area contributed by atoms with E-state index in [-0.39, 0.29) is 5.82 Å². The van der Waals surface area contributed by atoms with Crippen LogP contribution in [0.2, 0.25) is 0 Å². The van der Waals surface area contributed by atoms with Crippen LogP contribution in [0, 0.1) is 5.82 Å². The van der Waals surface area contributed by atoms with Crippen molar-refractivity contribution in [3.05, 3.63) is 29.6 Å². The molecule has 0 saturated carbocycles. The number of anilines is 1. The summed E-state index contributed by atoms with van der Waals surface area (Å²) in [4.78, 5) is 0. The first-order chi connectivity index (χ1) is 7.79. The van der Waals surface area contributed by atoms with Crippen molar-refractivity contribution < 1.29 is 9.13 Å². The van der Waals surface area contributed by atoms with Gasteiger partial charge in [0.1, 0.15) is 5.82 Å². The molecule has 0 spiro atoms. The average molecular weight is 223 g/mol. The molecule has 88 valence electrons. The molecule has 1 aromatic carbocycles. The Morgan fingerprint density at radius 1 is 1.38 bits per heavy atom. The Balaban J connectivity index is 2.06. The third kappa shape index (κ3) is 2.73. The molecule has 0 aromatic heterocycles. The molecule has 2 rings (SSSR count). The Kier molecular flexibility index (Phi) is 3.78. The van der Waals surface area contributed by atoms with Crippen LogP contribution in [0.1, 0.15) is 25.3 Å². The van der Waals surface area contributed by atoms with Crippen molar-refractivity contribution in [2.45, 2.75) is 32.2 Å². The molecule has 2 nitrogen and oxygen atoms in total. The molecule has 0 bridgehead atoms. The molecule has 0 radical (unpaired) electrons. The Labute approximate surface area is 95.8 Å². The molecule has 1 aromatic rings. The fourth-order valence-corrected chi connectivity index (χ4v) is 1.96. The second-order valence-electron chi connectivity index (χ2n) is 4.20. The number of nitrogens with one attached hydrogen (secondary N) is 1. The van der Waals surface area contributed by atoms with Crippen molar-refractivity contribution in [2.24, 2.45) is 0 Å². The summed E-state index contributed by atoms with van der Waals surface area (Å²) in [6.45, 7) is 3.62. The molecule has 1 saturated heterocycles. The van der Waals surface area contributed by atoms with Crippen LogP contribution in [-0.2, 0) is 11.2 Å². The van der Waals surface area contributed by atoms with E-state index in [0.717, 1.165) is 38.0 Å². The predicted molar refractivity (Wildman–Crippen MR) is 63.2 cm³/mol. The Bertz CT molecular complexity index is 348.